The van der Waals surface area contributed by atoms with Gasteiger partial charge in [-0.05, 0) is 252 Å². The number of carbonyl (C=O) groups is 7. The number of aromatic carboxylic acids is 3. The minimum absolute atomic E-state index is 0.0371. The maximum Gasteiger partial charge on any atom is 0.337 e. The number of anilines is 4. The molecule has 0 spiro atoms. The lowest BCUT2D eigenvalue weighted by Gasteiger charge is -2.24. The van der Waals surface area contributed by atoms with E-state index in [4.69, 9.17) is 40.7 Å². The lowest BCUT2D eigenvalue weighted by Crippen LogP contribution is -2.19. The van der Waals surface area contributed by atoms with Crippen LogP contribution >= 0.6 is 0 Å². The number of ether oxygens (including phenoxy) is 4. The molecular weight excluding hydrogens is 1310 g/mol. The van der Waals surface area contributed by atoms with E-state index < -0.39 is 29.7 Å². The molecule has 2 aliphatic rings. The Labute approximate surface area is 607 Å². The normalized spacial score (nSPS) is 12.5. The molecule has 18 nitrogen and oxygen atoms in total. The highest BCUT2D eigenvalue weighted by Gasteiger charge is 2.19. The zero-order valence-corrected chi connectivity index (χ0v) is 59.1. The molecule has 2 fully saturated rings. The molecule has 7 N–H and O–H groups in total. The Morgan fingerprint density at radius 1 is 0.394 bits per heavy atom. The highest BCUT2D eigenvalue weighted by Crippen LogP contribution is 2.30. The Hall–Kier alpha value is -12.7. The standard InChI is InChI=1S/C23H27NO2.C22H23NO4.C21H19NO4.C20H17NO4/c1-17-8-6-7-11-21(17)24-23(25)15-13-19-12-14-22(18(2)16-19)26-20-9-4-3-5-10-20;1-15-14-16(10-12-20(15)27-17-6-2-3-7-17)11-13-21(24)23-19-9-5-4-8-18(19)22(25)26;1-3-4-13-26-19-14-16(10-9-15(19)2)11-12-20(23)22-18-8-6-5-7-17(18)21(24)25;1-3-12-25-18-10-8-15(13-14(18)2)9-11-19(22)21-17-7-5-4-6-16(17)20(23)24/h6-8,11-16,20H,3-5,9-10H2,1-2H3,(H,24,25);4-5,8-14,17H,2-3,6-7H2,1H3,(H,23,24)(H,25,26);5-12,14H,13H2,1-2H3,(H,22,23)(H,24,25);1,4-11,13H,12H2,2H3,(H,21,22)(H,23,24)/b15-13+;13-11+;12-11+;11-9+. The Morgan fingerprint density at radius 3 is 1.11 bits per heavy atom. The Morgan fingerprint density at radius 2 is 0.731 bits per heavy atom. The summed E-state index contributed by atoms with van der Waals surface area (Å²) in [5, 5.41) is 38.1. The topological polar surface area (TPSA) is 265 Å². The molecule has 0 aromatic heterocycles. The van der Waals surface area contributed by atoms with Crippen LogP contribution in [0.15, 0.2) is 194 Å². The van der Waals surface area contributed by atoms with E-state index in [2.05, 4.69) is 52.0 Å². The van der Waals surface area contributed by atoms with E-state index in [-0.39, 0.29) is 52.2 Å². The van der Waals surface area contributed by atoms with Crippen molar-refractivity contribution < 1.29 is 67.8 Å². The number of para-hydroxylation sites is 4. The fourth-order valence-electron chi connectivity index (χ4n) is 10.9. The molecule has 10 rings (SSSR count). The fourth-order valence-corrected chi connectivity index (χ4v) is 10.9. The fraction of sp³-hybridized carbons (Fsp3) is 0.221. The van der Waals surface area contributed by atoms with Gasteiger partial charge in [-0.15, -0.1) is 12.3 Å². The molecule has 2 aliphatic carbocycles. The van der Waals surface area contributed by atoms with E-state index in [0.717, 1.165) is 92.9 Å². The highest BCUT2D eigenvalue weighted by molar-refractivity contribution is 6.08. The highest BCUT2D eigenvalue weighted by atomic mass is 16.5. The minimum atomic E-state index is -1.10. The monoisotopic (exact) mass is 1400 g/mol. The molecule has 0 bridgehead atoms. The van der Waals surface area contributed by atoms with Gasteiger partial charge in [0.2, 0.25) is 23.6 Å². The van der Waals surface area contributed by atoms with Crippen LogP contribution in [0.2, 0.25) is 0 Å². The van der Waals surface area contributed by atoms with E-state index in [9.17, 15) is 33.6 Å². The van der Waals surface area contributed by atoms with Crippen molar-refractivity contribution in [2.75, 3.05) is 34.5 Å². The van der Waals surface area contributed by atoms with Gasteiger partial charge in [0.05, 0.1) is 46.0 Å². The summed E-state index contributed by atoms with van der Waals surface area (Å²) in [5.74, 6) is 6.62. The summed E-state index contributed by atoms with van der Waals surface area (Å²) < 4.78 is 23.2. The number of amides is 4. The van der Waals surface area contributed by atoms with Crippen molar-refractivity contribution >= 4 is 88.6 Å². The molecule has 0 saturated heterocycles. The van der Waals surface area contributed by atoms with Gasteiger partial charge in [0.1, 0.15) is 36.2 Å². The zero-order valence-electron chi connectivity index (χ0n) is 59.1. The van der Waals surface area contributed by atoms with E-state index in [1.54, 1.807) is 91.9 Å². The van der Waals surface area contributed by atoms with Crippen LogP contribution in [0.4, 0.5) is 22.7 Å². The van der Waals surface area contributed by atoms with Gasteiger partial charge in [-0.3, -0.25) is 19.2 Å². The molecule has 4 amide bonds. The van der Waals surface area contributed by atoms with Crippen molar-refractivity contribution in [2.45, 2.75) is 112 Å². The molecular formula is C86H86N4O14. The molecule has 534 valence electrons. The predicted molar refractivity (Wildman–Crippen MR) is 410 cm³/mol. The second-order valence-corrected chi connectivity index (χ2v) is 24.4. The molecule has 8 aromatic carbocycles. The average molecular weight is 1400 g/mol. The largest absolute Gasteiger partial charge is 0.490 e. The first kappa shape index (κ1) is 78.7. The number of carbonyl (C=O) groups excluding carboxylic acids is 4. The number of nitrogens with one attached hydrogen (secondary N) is 4. The van der Waals surface area contributed by atoms with Crippen LogP contribution in [0.3, 0.4) is 0 Å². The van der Waals surface area contributed by atoms with Crippen LogP contribution in [0, 0.1) is 58.8 Å². The molecule has 0 aliphatic heterocycles. The first-order valence-electron chi connectivity index (χ1n) is 34.0. The lowest BCUT2D eigenvalue weighted by molar-refractivity contribution is -0.112. The van der Waals surface area contributed by atoms with Gasteiger partial charge in [-0.1, -0.05) is 103 Å². The van der Waals surface area contributed by atoms with Gasteiger partial charge in [0.25, 0.3) is 0 Å². The van der Waals surface area contributed by atoms with Gasteiger partial charge in [0, 0.05) is 30.0 Å². The number of carboxylic acid groups (broad SMARTS) is 3. The number of benzene rings is 8. The second kappa shape index (κ2) is 41.2. The van der Waals surface area contributed by atoms with Gasteiger partial charge >= 0.3 is 17.9 Å². The van der Waals surface area contributed by atoms with E-state index >= 15 is 0 Å². The van der Waals surface area contributed by atoms with Crippen LogP contribution in [0.1, 0.15) is 146 Å². The molecule has 0 radical (unpaired) electrons. The molecule has 2 saturated carbocycles. The van der Waals surface area contributed by atoms with Crippen LogP contribution in [-0.2, 0) is 19.2 Å². The van der Waals surface area contributed by atoms with Crippen LogP contribution in [0.5, 0.6) is 23.0 Å². The zero-order chi connectivity index (χ0) is 74.8. The molecule has 104 heavy (non-hydrogen) atoms. The number of hydrogen-bond donors (Lipinski definition) is 7. The van der Waals surface area contributed by atoms with Crippen LogP contribution in [0.25, 0.3) is 24.3 Å². The van der Waals surface area contributed by atoms with Crippen LogP contribution in [-0.4, -0.2) is 82.3 Å². The lowest BCUT2D eigenvalue weighted by atomic mass is 9.97. The SMILES string of the molecule is C#CCOc1ccc(/C=C/C(=O)Nc2ccccc2C(=O)O)cc1C.CC#CCOc1cc(/C=C/C(=O)Nc2ccccc2C(=O)O)ccc1C.Cc1cc(/C=C/C(=O)Nc2ccccc2C(=O)O)ccc1OC1CCCC1.Cc1ccccc1NC(=O)/C=C/c1ccc(OC2CCCCC2)c(C)c1. The third-order valence-corrected chi connectivity index (χ3v) is 16.4. The van der Waals surface area contributed by atoms with Gasteiger partial charge in [0.15, 0.2) is 0 Å². The average Bonchev–Trinajstić information content (AvgIpc) is 1.34. The molecule has 18 heteroatoms. The van der Waals surface area contributed by atoms with E-state index in [0.29, 0.717) is 30.3 Å². The molecule has 0 heterocycles. The van der Waals surface area contributed by atoms with E-state index in [1.165, 1.54) is 74.6 Å². The molecule has 0 atom stereocenters. The number of aryl methyl sites for hydroxylation is 5. The second-order valence-electron chi connectivity index (χ2n) is 24.4. The summed E-state index contributed by atoms with van der Waals surface area (Å²) in [6, 6.07) is 49.5. The summed E-state index contributed by atoms with van der Waals surface area (Å²) in [6.07, 6.45) is 29.1. The minimum Gasteiger partial charge on any atom is -0.490 e. The summed E-state index contributed by atoms with van der Waals surface area (Å²) in [7, 11) is 0. The smallest absolute Gasteiger partial charge is 0.337 e. The summed E-state index contributed by atoms with van der Waals surface area (Å²) in [6.45, 7) is 12.1. The van der Waals surface area contributed by atoms with Crippen molar-refractivity contribution in [3.63, 3.8) is 0 Å². The van der Waals surface area contributed by atoms with Gasteiger partial charge < -0.3 is 55.5 Å². The number of terminal acetylenes is 1. The van der Waals surface area contributed by atoms with Crippen LogP contribution < -0.4 is 40.2 Å². The van der Waals surface area contributed by atoms with Gasteiger partial charge in [-0.2, -0.15) is 0 Å². The Kier molecular flexibility index (Phi) is 31.1. The van der Waals surface area contributed by atoms with Crippen molar-refractivity contribution in [2.24, 2.45) is 0 Å². The first-order valence-corrected chi connectivity index (χ1v) is 34.0. The van der Waals surface area contributed by atoms with E-state index in [1.807, 2.05) is 113 Å². The Bertz CT molecular complexity index is 4570. The quantitative estimate of drug-likeness (QED) is 0.0232. The Balaban J connectivity index is 0.000000194. The van der Waals surface area contributed by atoms with Crippen molar-refractivity contribution in [3.05, 3.63) is 261 Å². The summed E-state index contributed by atoms with van der Waals surface area (Å²) >= 11 is 0. The molecule has 0 unspecified atom stereocenters. The number of rotatable bonds is 23. The first-order chi connectivity index (χ1) is 50.2. The van der Waals surface area contributed by atoms with Crippen molar-refractivity contribution in [1.29, 1.82) is 0 Å². The van der Waals surface area contributed by atoms with Crippen molar-refractivity contribution in [3.8, 4) is 47.2 Å². The number of hydrogen-bond acceptors (Lipinski definition) is 11. The summed E-state index contributed by atoms with van der Waals surface area (Å²) in [5.41, 5.74) is 10.3. The molecule has 8 aromatic rings. The van der Waals surface area contributed by atoms with Gasteiger partial charge in [-0.25, -0.2) is 14.4 Å². The third-order valence-electron chi connectivity index (χ3n) is 16.4. The predicted octanol–water partition coefficient (Wildman–Crippen LogP) is 17.4. The number of carboxylic acids is 3. The maximum atomic E-state index is 12.1. The third kappa shape index (κ3) is 26.1. The summed E-state index contributed by atoms with van der Waals surface area (Å²) in [4.78, 5) is 81.9. The maximum absolute atomic E-state index is 12.1. The van der Waals surface area contributed by atoms with Crippen molar-refractivity contribution in [1.82, 2.24) is 0 Å².